The van der Waals surface area contributed by atoms with Crippen molar-refractivity contribution in [3.05, 3.63) is 69.7 Å². The fourth-order valence-electron chi connectivity index (χ4n) is 2.30. The van der Waals surface area contributed by atoms with Crippen LogP contribution in [0.1, 0.15) is 42.8 Å². The third-order valence-electron chi connectivity index (χ3n) is 3.35. The minimum absolute atomic E-state index is 0.116. The van der Waals surface area contributed by atoms with E-state index in [9.17, 15) is 8.78 Å². The lowest BCUT2D eigenvalue weighted by Crippen LogP contribution is -2.15. The van der Waals surface area contributed by atoms with Gasteiger partial charge in [-0.25, -0.2) is 8.78 Å². The Morgan fingerprint density at radius 3 is 2.14 bits per heavy atom. The summed E-state index contributed by atoms with van der Waals surface area (Å²) in [5, 5.41) is -0.513. The van der Waals surface area contributed by atoms with Gasteiger partial charge in [-0.05, 0) is 34.2 Å². The van der Waals surface area contributed by atoms with E-state index in [2.05, 4.69) is 20.8 Å². The first-order chi connectivity index (χ1) is 9.71. The number of alkyl halides is 1. The molecule has 112 valence electrons. The third-order valence-corrected chi connectivity index (χ3v) is 4.15. The highest BCUT2D eigenvalue weighted by Crippen LogP contribution is 2.39. The molecular weight excluding hydrogens is 313 g/mol. The molecule has 0 fully saturated rings. The highest BCUT2D eigenvalue weighted by Gasteiger charge is 2.24. The molecular formula is C17H16Cl2F2. The molecule has 0 saturated heterocycles. The van der Waals surface area contributed by atoms with Gasteiger partial charge in [-0.3, -0.25) is 0 Å². The third kappa shape index (κ3) is 3.38. The first-order valence-electron chi connectivity index (χ1n) is 6.59. The minimum Gasteiger partial charge on any atom is -0.204 e. The summed E-state index contributed by atoms with van der Waals surface area (Å²) in [4.78, 5) is 0. The second-order valence-electron chi connectivity index (χ2n) is 5.99. The maximum atomic E-state index is 13.5. The Balaban J connectivity index is 2.56. The highest BCUT2D eigenvalue weighted by molar-refractivity contribution is 6.33. The van der Waals surface area contributed by atoms with Crippen LogP contribution in [-0.2, 0) is 5.41 Å². The first-order valence-corrected chi connectivity index (χ1v) is 7.41. The van der Waals surface area contributed by atoms with Gasteiger partial charge in [-0.1, -0.05) is 56.6 Å². The largest absolute Gasteiger partial charge is 0.204 e. The predicted octanol–water partition coefficient (Wildman–Crippen LogP) is 6.24. The van der Waals surface area contributed by atoms with Crippen molar-refractivity contribution in [2.24, 2.45) is 0 Å². The fourth-order valence-corrected chi connectivity index (χ4v) is 2.99. The molecule has 0 amide bonds. The Kier molecular flexibility index (Phi) is 4.60. The van der Waals surface area contributed by atoms with E-state index >= 15 is 0 Å². The number of rotatable bonds is 2. The van der Waals surface area contributed by atoms with Crippen LogP contribution in [0.25, 0.3) is 0 Å². The van der Waals surface area contributed by atoms with Crippen LogP contribution in [0, 0.1) is 11.6 Å². The summed E-state index contributed by atoms with van der Waals surface area (Å²) in [6.07, 6.45) is 0. The number of benzene rings is 2. The average Bonchev–Trinajstić information content (AvgIpc) is 2.41. The summed E-state index contributed by atoms with van der Waals surface area (Å²) >= 11 is 12.5. The molecule has 0 aliphatic rings. The van der Waals surface area contributed by atoms with Crippen molar-refractivity contribution in [1.29, 1.82) is 0 Å². The van der Waals surface area contributed by atoms with Crippen molar-refractivity contribution in [2.45, 2.75) is 31.6 Å². The molecule has 1 atom stereocenters. The van der Waals surface area contributed by atoms with Crippen LogP contribution < -0.4 is 0 Å². The number of hydrogen-bond donors (Lipinski definition) is 0. The van der Waals surface area contributed by atoms with E-state index in [0.29, 0.717) is 5.56 Å². The summed E-state index contributed by atoms with van der Waals surface area (Å²) in [6.45, 7) is 6.22. The van der Waals surface area contributed by atoms with Crippen molar-refractivity contribution in [3.63, 3.8) is 0 Å². The normalized spacial score (nSPS) is 13.3. The molecule has 0 bridgehead atoms. The maximum Gasteiger partial charge on any atom is 0.160 e. The van der Waals surface area contributed by atoms with Crippen molar-refractivity contribution in [1.82, 2.24) is 0 Å². The molecule has 0 nitrogen and oxygen atoms in total. The number of hydrogen-bond acceptors (Lipinski definition) is 0. The van der Waals surface area contributed by atoms with E-state index in [4.69, 9.17) is 23.2 Å². The van der Waals surface area contributed by atoms with Crippen LogP contribution in [0.4, 0.5) is 8.78 Å². The Hall–Kier alpha value is -1.12. The minimum atomic E-state index is -0.975. The van der Waals surface area contributed by atoms with Gasteiger partial charge in [0, 0.05) is 5.02 Å². The van der Waals surface area contributed by atoms with Gasteiger partial charge in [0.25, 0.3) is 0 Å². The SMILES string of the molecule is CC(C)(C)c1ccccc1C(Cl)c1cc(F)c(F)cc1Cl. The summed E-state index contributed by atoms with van der Waals surface area (Å²) in [6, 6.07) is 9.69. The zero-order valence-corrected chi connectivity index (χ0v) is 13.6. The lowest BCUT2D eigenvalue weighted by molar-refractivity contribution is 0.507. The molecule has 0 N–H and O–H groups in total. The zero-order chi connectivity index (χ0) is 15.8. The Morgan fingerprint density at radius 1 is 0.952 bits per heavy atom. The van der Waals surface area contributed by atoms with Gasteiger partial charge in [0.1, 0.15) is 0 Å². The quantitative estimate of drug-likeness (QED) is 0.452. The Morgan fingerprint density at radius 2 is 1.52 bits per heavy atom. The van der Waals surface area contributed by atoms with Crippen LogP contribution in [0.3, 0.4) is 0 Å². The van der Waals surface area contributed by atoms with E-state index in [-0.39, 0.29) is 10.4 Å². The van der Waals surface area contributed by atoms with Gasteiger partial charge in [-0.15, -0.1) is 11.6 Å². The molecule has 0 aliphatic heterocycles. The van der Waals surface area contributed by atoms with E-state index < -0.39 is 17.0 Å². The van der Waals surface area contributed by atoms with Crippen molar-refractivity contribution >= 4 is 23.2 Å². The van der Waals surface area contributed by atoms with Crippen molar-refractivity contribution < 1.29 is 8.78 Å². The maximum absolute atomic E-state index is 13.5. The van der Waals surface area contributed by atoms with Gasteiger partial charge >= 0.3 is 0 Å². The highest BCUT2D eigenvalue weighted by atomic mass is 35.5. The summed E-state index contributed by atoms with van der Waals surface area (Å²) in [7, 11) is 0. The van der Waals surface area contributed by atoms with Gasteiger partial charge in [0.15, 0.2) is 11.6 Å². The van der Waals surface area contributed by atoms with Crippen molar-refractivity contribution in [3.8, 4) is 0 Å². The molecule has 0 radical (unpaired) electrons. The first kappa shape index (κ1) is 16.3. The van der Waals surface area contributed by atoms with Gasteiger partial charge in [0.05, 0.1) is 5.38 Å². The summed E-state index contributed by atoms with van der Waals surface area (Å²) in [5.74, 6) is -1.93. The Labute approximate surface area is 133 Å². The zero-order valence-electron chi connectivity index (χ0n) is 12.1. The number of halogens is 4. The van der Waals surface area contributed by atoms with E-state index in [1.54, 1.807) is 0 Å². The van der Waals surface area contributed by atoms with E-state index in [0.717, 1.165) is 23.3 Å². The van der Waals surface area contributed by atoms with E-state index in [1.807, 2.05) is 24.3 Å². The second kappa shape index (κ2) is 5.94. The topological polar surface area (TPSA) is 0 Å². The standard InChI is InChI=1S/C17H16Cl2F2/c1-17(2,3)12-7-5-4-6-10(12)16(19)11-8-14(20)15(21)9-13(11)18/h4-9,16H,1-3H3. The monoisotopic (exact) mass is 328 g/mol. The smallest absolute Gasteiger partial charge is 0.160 e. The molecule has 0 aliphatic carbocycles. The molecule has 0 heterocycles. The molecule has 2 rings (SSSR count). The van der Waals surface area contributed by atoms with Crippen LogP contribution in [0.5, 0.6) is 0 Å². The van der Waals surface area contributed by atoms with E-state index in [1.165, 1.54) is 0 Å². The van der Waals surface area contributed by atoms with Crippen LogP contribution in [0.15, 0.2) is 36.4 Å². The molecule has 1 unspecified atom stereocenters. The van der Waals surface area contributed by atoms with Crippen molar-refractivity contribution in [2.75, 3.05) is 0 Å². The molecule has 0 saturated carbocycles. The van der Waals surface area contributed by atoms with Gasteiger partial charge < -0.3 is 0 Å². The lowest BCUT2D eigenvalue weighted by atomic mass is 9.82. The van der Waals surface area contributed by atoms with Crippen LogP contribution in [0.2, 0.25) is 5.02 Å². The predicted molar refractivity (Wildman–Crippen MR) is 84.2 cm³/mol. The van der Waals surface area contributed by atoms with Gasteiger partial charge in [-0.2, -0.15) is 0 Å². The fraction of sp³-hybridized carbons (Fsp3) is 0.294. The average molecular weight is 329 g/mol. The summed E-state index contributed by atoms with van der Waals surface area (Å²) in [5.41, 5.74) is 2.15. The second-order valence-corrected chi connectivity index (χ2v) is 6.83. The Bertz CT molecular complexity index is 660. The lowest BCUT2D eigenvalue weighted by Gasteiger charge is -2.25. The summed E-state index contributed by atoms with van der Waals surface area (Å²) < 4.78 is 26.7. The van der Waals surface area contributed by atoms with Crippen LogP contribution >= 0.6 is 23.2 Å². The van der Waals surface area contributed by atoms with Gasteiger partial charge in [0.2, 0.25) is 0 Å². The molecule has 2 aromatic carbocycles. The van der Waals surface area contributed by atoms with Crippen LogP contribution in [-0.4, -0.2) is 0 Å². The molecule has 0 spiro atoms. The molecule has 4 heteroatoms. The molecule has 21 heavy (non-hydrogen) atoms. The molecule has 2 aromatic rings. The molecule has 0 aromatic heterocycles.